The van der Waals surface area contributed by atoms with Gasteiger partial charge in [0.15, 0.2) is 11.0 Å². The van der Waals surface area contributed by atoms with Crippen LogP contribution in [0.1, 0.15) is 39.8 Å². The minimum atomic E-state index is -0.147. The lowest BCUT2D eigenvalue weighted by molar-refractivity contribution is -0.113. The Bertz CT molecular complexity index is 1070. The van der Waals surface area contributed by atoms with Gasteiger partial charge in [0.1, 0.15) is 0 Å². The molecule has 2 aromatic carbocycles. The molecule has 8 heteroatoms. The largest absolute Gasteiger partial charge is 0.345 e. The molecule has 3 aromatic rings. The number of anilines is 1. The summed E-state index contributed by atoms with van der Waals surface area (Å²) in [6, 6.07) is 13.4. The highest BCUT2D eigenvalue weighted by molar-refractivity contribution is 7.99. The third kappa shape index (κ3) is 5.52. The molecule has 31 heavy (non-hydrogen) atoms. The quantitative estimate of drug-likeness (QED) is 0.522. The summed E-state index contributed by atoms with van der Waals surface area (Å²) in [6.45, 7) is 8.74. The lowest BCUT2D eigenvalue weighted by Crippen LogP contribution is -2.25. The monoisotopic (exact) mass is 437 g/mol. The van der Waals surface area contributed by atoms with Crippen LogP contribution in [-0.2, 0) is 17.9 Å². The Morgan fingerprint density at radius 2 is 1.65 bits per heavy atom. The van der Waals surface area contributed by atoms with Gasteiger partial charge in [0, 0.05) is 17.8 Å². The van der Waals surface area contributed by atoms with E-state index in [1.54, 1.807) is 6.07 Å². The fraction of sp³-hybridized carbons (Fsp3) is 0.304. The lowest BCUT2D eigenvalue weighted by atomic mass is 10.1. The van der Waals surface area contributed by atoms with Crippen LogP contribution in [0.4, 0.5) is 5.69 Å². The highest BCUT2D eigenvalue weighted by Crippen LogP contribution is 2.21. The first-order valence-corrected chi connectivity index (χ1v) is 11.1. The fourth-order valence-corrected chi connectivity index (χ4v) is 4.09. The van der Waals surface area contributed by atoms with Crippen molar-refractivity contribution in [2.75, 3.05) is 11.1 Å². The summed E-state index contributed by atoms with van der Waals surface area (Å²) < 4.78 is 1.91. The molecule has 1 heterocycles. The van der Waals surface area contributed by atoms with E-state index in [-0.39, 0.29) is 24.1 Å². The van der Waals surface area contributed by atoms with Crippen molar-refractivity contribution in [2.24, 2.45) is 0 Å². The van der Waals surface area contributed by atoms with Gasteiger partial charge in [0.2, 0.25) is 5.91 Å². The van der Waals surface area contributed by atoms with E-state index in [0.29, 0.717) is 23.1 Å². The summed E-state index contributed by atoms with van der Waals surface area (Å²) >= 11 is 1.33. The number of nitrogens with zero attached hydrogens (tertiary/aromatic N) is 3. The Labute approximate surface area is 186 Å². The maximum atomic E-state index is 12.5. The predicted molar refractivity (Wildman–Crippen MR) is 123 cm³/mol. The first-order chi connectivity index (χ1) is 14.9. The minimum absolute atomic E-state index is 0.0949. The maximum absolute atomic E-state index is 12.5. The van der Waals surface area contributed by atoms with Crippen molar-refractivity contribution in [3.63, 3.8) is 0 Å². The van der Waals surface area contributed by atoms with Crippen LogP contribution in [0.2, 0.25) is 0 Å². The van der Waals surface area contributed by atoms with Gasteiger partial charge in [0.05, 0.1) is 12.3 Å². The van der Waals surface area contributed by atoms with Crippen LogP contribution in [0.5, 0.6) is 0 Å². The molecule has 0 bridgehead atoms. The molecule has 2 amide bonds. The van der Waals surface area contributed by atoms with Gasteiger partial charge in [-0.15, -0.1) is 10.2 Å². The first-order valence-electron chi connectivity index (χ1n) is 10.2. The van der Waals surface area contributed by atoms with Gasteiger partial charge in [-0.2, -0.15) is 0 Å². The Morgan fingerprint density at radius 1 is 0.968 bits per heavy atom. The zero-order valence-corrected chi connectivity index (χ0v) is 19.0. The van der Waals surface area contributed by atoms with E-state index < -0.39 is 0 Å². The van der Waals surface area contributed by atoms with Gasteiger partial charge >= 0.3 is 0 Å². The summed E-state index contributed by atoms with van der Waals surface area (Å²) in [6.07, 6.45) is 0. The van der Waals surface area contributed by atoms with Crippen LogP contribution in [0.15, 0.2) is 47.6 Å². The molecular weight excluding hydrogens is 410 g/mol. The summed E-state index contributed by atoms with van der Waals surface area (Å²) in [5, 5.41) is 15.0. The van der Waals surface area contributed by atoms with E-state index in [1.165, 1.54) is 11.8 Å². The highest BCUT2D eigenvalue weighted by atomic mass is 32.2. The van der Waals surface area contributed by atoms with Crippen LogP contribution in [0, 0.1) is 20.8 Å². The van der Waals surface area contributed by atoms with Crippen molar-refractivity contribution in [3.05, 3.63) is 70.5 Å². The predicted octanol–water partition coefficient (Wildman–Crippen LogP) is 3.88. The van der Waals surface area contributed by atoms with Gasteiger partial charge in [-0.25, -0.2) is 0 Å². The van der Waals surface area contributed by atoms with E-state index >= 15 is 0 Å². The lowest BCUT2D eigenvalue weighted by Gasteiger charge is -2.12. The minimum Gasteiger partial charge on any atom is -0.345 e. The van der Waals surface area contributed by atoms with Gasteiger partial charge in [-0.05, 0) is 50.5 Å². The molecule has 2 N–H and O–H groups in total. The molecule has 162 valence electrons. The molecule has 7 nitrogen and oxygen atoms in total. The first kappa shape index (κ1) is 22.6. The number of carbonyl (C=O) groups is 2. The fourth-order valence-electron chi connectivity index (χ4n) is 3.27. The number of hydrogen-bond donors (Lipinski definition) is 2. The molecule has 0 spiro atoms. The van der Waals surface area contributed by atoms with E-state index in [9.17, 15) is 9.59 Å². The smallest absolute Gasteiger partial charge is 0.251 e. The number of amides is 2. The van der Waals surface area contributed by atoms with Crippen molar-refractivity contribution in [3.8, 4) is 0 Å². The van der Waals surface area contributed by atoms with Crippen molar-refractivity contribution < 1.29 is 9.59 Å². The zero-order valence-electron chi connectivity index (χ0n) is 18.2. The number of hydrogen-bond acceptors (Lipinski definition) is 5. The molecule has 0 unspecified atom stereocenters. The van der Waals surface area contributed by atoms with Crippen molar-refractivity contribution in [2.45, 2.75) is 45.9 Å². The van der Waals surface area contributed by atoms with Crippen LogP contribution in [-0.4, -0.2) is 32.3 Å². The molecule has 0 aliphatic carbocycles. The van der Waals surface area contributed by atoms with E-state index in [1.807, 2.05) is 68.7 Å². The third-order valence-corrected chi connectivity index (χ3v) is 5.95. The van der Waals surface area contributed by atoms with Gasteiger partial charge in [-0.1, -0.05) is 48.2 Å². The Kier molecular flexibility index (Phi) is 7.46. The molecule has 0 atom stereocenters. The topological polar surface area (TPSA) is 88.9 Å². The molecule has 0 aliphatic heterocycles. The van der Waals surface area contributed by atoms with Gasteiger partial charge in [-0.3, -0.25) is 9.59 Å². The second-order valence-electron chi connectivity index (χ2n) is 7.24. The number of para-hydroxylation sites is 1. The van der Waals surface area contributed by atoms with Crippen LogP contribution >= 0.6 is 11.8 Å². The molecule has 1 aromatic heterocycles. The highest BCUT2D eigenvalue weighted by Gasteiger charge is 2.15. The number of thioether (sulfide) groups is 1. The summed E-state index contributed by atoms with van der Waals surface area (Å²) in [4.78, 5) is 24.9. The second kappa shape index (κ2) is 10.3. The number of aromatic nitrogens is 3. The molecule has 0 radical (unpaired) electrons. The van der Waals surface area contributed by atoms with Crippen LogP contribution in [0.25, 0.3) is 0 Å². The Hall–Kier alpha value is -3.13. The van der Waals surface area contributed by atoms with Gasteiger partial charge in [0.25, 0.3) is 5.91 Å². The number of aryl methyl sites for hydroxylation is 3. The van der Waals surface area contributed by atoms with Crippen molar-refractivity contribution in [1.82, 2.24) is 20.1 Å². The van der Waals surface area contributed by atoms with E-state index in [0.717, 1.165) is 22.4 Å². The molecule has 0 saturated carbocycles. The van der Waals surface area contributed by atoms with Crippen molar-refractivity contribution >= 4 is 29.3 Å². The number of carbonyl (C=O) groups excluding carboxylic acids is 2. The van der Waals surface area contributed by atoms with E-state index in [2.05, 4.69) is 20.8 Å². The SMILES string of the molecule is CCn1c(CNC(=O)c2ccccc2C)nnc1SCC(=O)Nc1c(C)cccc1C. The van der Waals surface area contributed by atoms with Crippen LogP contribution < -0.4 is 10.6 Å². The number of rotatable bonds is 8. The zero-order chi connectivity index (χ0) is 22.4. The van der Waals surface area contributed by atoms with Crippen molar-refractivity contribution in [1.29, 1.82) is 0 Å². The molecule has 0 saturated heterocycles. The molecular formula is C23H27N5O2S. The normalized spacial score (nSPS) is 10.7. The second-order valence-corrected chi connectivity index (χ2v) is 8.19. The molecule has 0 aliphatic rings. The third-order valence-electron chi connectivity index (χ3n) is 4.98. The standard InChI is InChI=1S/C23H27N5O2S/c1-5-28-19(13-24-22(30)18-12-7-6-9-15(18)2)26-27-23(28)31-14-20(29)25-21-16(3)10-8-11-17(21)4/h6-12H,5,13-14H2,1-4H3,(H,24,30)(H,25,29). The number of benzene rings is 2. The van der Waals surface area contributed by atoms with E-state index in [4.69, 9.17) is 0 Å². The Balaban J connectivity index is 1.60. The maximum Gasteiger partial charge on any atom is 0.251 e. The average molecular weight is 438 g/mol. The number of nitrogens with one attached hydrogen (secondary N) is 2. The summed E-state index contributed by atoms with van der Waals surface area (Å²) in [5.74, 6) is 0.636. The Morgan fingerprint density at radius 3 is 2.32 bits per heavy atom. The summed E-state index contributed by atoms with van der Waals surface area (Å²) in [5.41, 5.74) is 4.47. The average Bonchev–Trinajstić information content (AvgIpc) is 3.15. The van der Waals surface area contributed by atoms with Crippen LogP contribution in [0.3, 0.4) is 0 Å². The summed E-state index contributed by atoms with van der Waals surface area (Å²) in [7, 11) is 0. The molecule has 3 rings (SSSR count). The molecule has 0 fully saturated rings. The van der Waals surface area contributed by atoms with Gasteiger partial charge < -0.3 is 15.2 Å².